The fraction of sp³-hybridized carbons (Fsp3) is 0.467. The zero-order chi connectivity index (χ0) is 14.7. The number of hydrogen-bond donors (Lipinski definition) is 0. The number of nitrogens with zero attached hydrogens (tertiary/aromatic N) is 1. The monoisotopic (exact) mass is 274 g/mol. The number of fused-ring (bicyclic) bond motifs is 4. The molecule has 1 fully saturated rings. The zero-order valence-corrected chi connectivity index (χ0v) is 11.6. The average Bonchev–Trinajstić information content (AvgIpc) is 2.40. The third kappa shape index (κ3) is 1.43. The van der Waals surface area contributed by atoms with Crippen molar-refractivity contribution in [3.63, 3.8) is 0 Å². The fourth-order valence-corrected chi connectivity index (χ4v) is 3.44. The second-order valence-corrected chi connectivity index (χ2v) is 5.70. The van der Waals surface area contributed by atoms with Gasteiger partial charge in [-0.2, -0.15) is 0 Å². The van der Waals surface area contributed by atoms with Crippen LogP contribution in [0.25, 0.3) is 0 Å². The number of para-hydroxylation sites is 1. The van der Waals surface area contributed by atoms with Crippen LogP contribution in [0.15, 0.2) is 24.3 Å². The van der Waals surface area contributed by atoms with Crippen LogP contribution in [0.4, 0.5) is 0 Å². The van der Waals surface area contributed by atoms with Crippen LogP contribution in [0.2, 0.25) is 0 Å². The van der Waals surface area contributed by atoms with Gasteiger partial charge in [-0.3, -0.25) is 4.79 Å². The quantitative estimate of drug-likeness (QED) is 0.693. The number of carbonyl (C=O) groups excluding carboxylic acids is 2. The molecular formula is C15H16NO4-. The summed E-state index contributed by atoms with van der Waals surface area (Å²) < 4.78 is 6.01. The summed E-state index contributed by atoms with van der Waals surface area (Å²) in [4.78, 5) is 25.2. The van der Waals surface area contributed by atoms with Crippen LogP contribution in [0.1, 0.15) is 25.3 Å². The first-order valence-corrected chi connectivity index (χ1v) is 6.64. The molecular weight excluding hydrogens is 258 g/mol. The highest BCUT2D eigenvalue weighted by atomic mass is 16.5. The van der Waals surface area contributed by atoms with Gasteiger partial charge in [0.15, 0.2) is 5.72 Å². The SMILES string of the molecule is C[C@@H]1[C@H]2c3ccccc3O[C@]1(C)N(C)C(=O)[C@@H]2C(=O)[O-]. The number of carboxylic acid groups (broad SMARTS) is 1. The molecule has 4 atom stereocenters. The number of amides is 1. The van der Waals surface area contributed by atoms with E-state index in [4.69, 9.17) is 4.74 Å². The molecule has 1 amide bonds. The van der Waals surface area contributed by atoms with E-state index in [2.05, 4.69) is 0 Å². The fourth-order valence-electron chi connectivity index (χ4n) is 3.44. The minimum absolute atomic E-state index is 0.136. The van der Waals surface area contributed by atoms with Crippen molar-refractivity contribution in [1.82, 2.24) is 4.90 Å². The van der Waals surface area contributed by atoms with Gasteiger partial charge < -0.3 is 19.5 Å². The Hall–Kier alpha value is -2.04. The first kappa shape index (κ1) is 13.0. The number of benzene rings is 1. The number of piperidine rings is 1. The van der Waals surface area contributed by atoms with E-state index in [0.717, 1.165) is 5.56 Å². The molecule has 20 heavy (non-hydrogen) atoms. The van der Waals surface area contributed by atoms with Crippen LogP contribution < -0.4 is 9.84 Å². The van der Waals surface area contributed by atoms with Gasteiger partial charge in [-0.05, 0) is 18.6 Å². The molecule has 5 heteroatoms. The molecule has 1 aromatic carbocycles. The molecule has 0 N–H and O–H groups in total. The average molecular weight is 274 g/mol. The normalized spacial score (nSPS) is 35.2. The molecule has 0 radical (unpaired) electrons. The summed E-state index contributed by atoms with van der Waals surface area (Å²) in [7, 11) is 1.58. The number of likely N-dealkylation sites (tertiary alicyclic amines) is 1. The minimum Gasteiger partial charge on any atom is -0.549 e. The first-order valence-electron chi connectivity index (χ1n) is 6.64. The van der Waals surface area contributed by atoms with E-state index in [-0.39, 0.29) is 5.92 Å². The Morgan fingerprint density at radius 1 is 1.40 bits per heavy atom. The minimum atomic E-state index is -1.32. The summed E-state index contributed by atoms with van der Waals surface area (Å²) in [6.07, 6.45) is 0. The maximum absolute atomic E-state index is 12.4. The second-order valence-electron chi connectivity index (χ2n) is 5.70. The number of hydrogen-bond acceptors (Lipinski definition) is 4. The highest BCUT2D eigenvalue weighted by molar-refractivity contribution is 5.98. The van der Waals surface area contributed by atoms with E-state index in [1.54, 1.807) is 7.05 Å². The topological polar surface area (TPSA) is 69.7 Å². The third-order valence-electron chi connectivity index (χ3n) is 4.85. The summed E-state index contributed by atoms with van der Waals surface area (Å²) in [5.74, 6) is -2.85. The lowest BCUT2D eigenvalue weighted by molar-refractivity contribution is -0.314. The summed E-state index contributed by atoms with van der Waals surface area (Å²) in [5, 5.41) is 11.5. The lowest BCUT2D eigenvalue weighted by atomic mass is 9.67. The zero-order valence-electron chi connectivity index (χ0n) is 11.6. The van der Waals surface area contributed by atoms with E-state index >= 15 is 0 Å². The van der Waals surface area contributed by atoms with E-state index < -0.39 is 29.4 Å². The van der Waals surface area contributed by atoms with Crippen LogP contribution in [0.3, 0.4) is 0 Å². The van der Waals surface area contributed by atoms with Crippen molar-refractivity contribution in [1.29, 1.82) is 0 Å². The van der Waals surface area contributed by atoms with E-state index in [0.29, 0.717) is 5.75 Å². The van der Waals surface area contributed by atoms with Crippen LogP contribution >= 0.6 is 0 Å². The van der Waals surface area contributed by atoms with Gasteiger partial charge in [0.25, 0.3) is 0 Å². The Morgan fingerprint density at radius 2 is 2.05 bits per heavy atom. The molecule has 3 rings (SSSR count). The molecule has 0 spiro atoms. The van der Waals surface area contributed by atoms with Crippen molar-refractivity contribution >= 4 is 11.9 Å². The Labute approximate surface area is 117 Å². The van der Waals surface area contributed by atoms with Gasteiger partial charge in [0, 0.05) is 18.9 Å². The maximum atomic E-state index is 12.4. The Balaban J connectivity index is 2.24. The number of ether oxygens (including phenoxy) is 1. The van der Waals surface area contributed by atoms with Gasteiger partial charge in [0.05, 0.1) is 11.9 Å². The predicted molar refractivity (Wildman–Crippen MR) is 68.6 cm³/mol. The Bertz CT molecular complexity index is 599. The predicted octanol–water partition coefficient (Wildman–Crippen LogP) is 0.353. The van der Waals surface area contributed by atoms with Gasteiger partial charge in [0.1, 0.15) is 5.75 Å². The van der Waals surface area contributed by atoms with E-state index in [1.807, 2.05) is 38.1 Å². The van der Waals surface area contributed by atoms with Crippen LogP contribution in [0, 0.1) is 11.8 Å². The molecule has 106 valence electrons. The number of aliphatic carboxylic acids is 1. The summed E-state index contributed by atoms with van der Waals surface area (Å²) in [6, 6.07) is 7.30. The molecule has 0 aromatic heterocycles. The van der Waals surface area contributed by atoms with Crippen LogP contribution in [-0.2, 0) is 9.59 Å². The number of rotatable bonds is 1. The van der Waals surface area contributed by atoms with Crippen LogP contribution in [-0.4, -0.2) is 29.5 Å². The van der Waals surface area contributed by atoms with Gasteiger partial charge in [0.2, 0.25) is 5.91 Å². The first-order chi connectivity index (χ1) is 9.38. The molecule has 2 bridgehead atoms. The van der Waals surface area contributed by atoms with Crippen molar-refractivity contribution in [2.75, 3.05) is 7.05 Å². The summed E-state index contributed by atoms with van der Waals surface area (Å²) >= 11 is 0. The number of carbonyl (C=O) groups is 2. The highest BCUT2D eigenvalue weighted by Crippen LogP contribution is 2.52. The lowest BCUT2D eigenvalue weighted by Gasteiger charge is -2.56. The molecule has 0 unspecified atom stereocenters. The van der Waals surface area contributed by atoms with Crippen molar-refractivity contribution < 1.29 is 19.4 Å². The number of carboxylic acids is 1. The standard InChI is InChI=1S/C15H17NO4/c1-8-11-9-6-4-5-7-10(9)20-15(8,2)16(3)13(17)12(11)14(18)19/h4-8,11-12H,1-3H3,(H,18,19)/p-1/t8-,11+,12-,15+/m1/s1. The van der Waals surface area contributed by atoms with Crippen molar-refractivity contribution in [3.05, 3.63) is 29.8 Å². The van der Waals surface area contributed by atoms with Crippen molar-refractivity contribution in [3.8, 4) is 5.75 Å². The van der Waals surface area contributed by atoms with E-state index in [9.17, 15) is 14.7 Å². The third-order valence-corrected chi connectivity index (χ3v) is 4.85. The molecule has 2 heterocycles. The maximum Gasteiger partial charge on any atom is 0.234 e. The molecule has 2 aliphatic rings. The molecule has 5 nitrogen and oxygen atoms in total. The van der Waals surface area contributed by atoms with Gasteiger partial charge in [-0.25, -0.2) is 0 Å². The Morgan fingerprint density at radius 3 is 2.70 bits per heavy atom. The van der Waals surface area contributed by atoms with Crippen LogP contribution in [0.5, 0.6) is 5.75 Å². The molecule has 0 aliphatic carbocycles. The van der Waals surface area contributed by atoms with Gasteiger partial charge >= 0.3 is 0 Å². The lowest BCUT2D eigenvalue weighted by Crippen LogP contribution is -2.67. The Kier molecular flexibility index (Phi) is 2.58. The van der Waals surface area contributed by atoms with Crippen molar-refractivity contribution in [2.45, 2.75) is 25.5 Å². The smallest absolute Gasteiger partial charge is 0.234 e. The van der Waals surface area contributed by atoms with Crippen molar-refractivity contribution in [2.24, 2.45) is 11.8 Å². The summed E-state index contributed by atoms with van der Waals surface area (Å²) in [5.41, 5.74) is -0.0599. The summed E-state index contributed by atoms with van der Waals surface area (Å²) in [6.45, 7) is 3.74. The molecule has 0 saturated carbocycles. The van der Waals surface area contributed by atoms with Gasteiger partial charge in [-0.15, -0.1) is 0 Å². The molecule has 1 aromatic rings. The highest BCUT2D eigenvalue weighted by Gasteiger charge is 2.57. The second kappa shape index (κ2) is 3.98. The largest absolute Gasteiger partial charge is 0.549 e. The molecule has 1 saturated heterocycles. The van der Waals surface area contributed by atoms with E-state index in [1.165, 1.54) is 4.90 Å². The van der Waals surface area contributed by atoms with Gasteiger partial charge in [-0.1, -0.05) is 25.1 Å². The molecule has 2 aliphatic heterocycles.